The molecule has 1 amide bonds. The molecule has 0 saturated carbocycles. The molecule has 6 nitrogen and oxygen atoms in total. The summed E-state index contributed by atoms with van der Waals surface area (Å²) in [6.45, 7) is 4.15. The first-order valence-electron chi connectivity index (χ1n) is 9.16. The topological polar surface area (TPSA) is 67.6 Å². The van der Waals surface area contributed by atoms with Gasteiger partial charge in [0.2, 0.25) is 5.91 Å². The smallest absolute Gasteiger partial charge is 0.222 e. The summed E-state index contributed by atoms with van der Waals surface area (Å²) in [5.41, 5.74) is 1.59. The number of hydrogen-bond acceptors (Lipinski definition) is 4. The van der Waals surface area contributed by atoms with Gasteiger partial charge in [-0.2, -0.15) is 5.10 Å². The molecule has 1 fully saturated rings. The van der Waals surface area contributed by atoms with Crippen LogP contribution in [-0.4, -0.2) is 57.6 Å². The van der Waals surface area contributed by atoms with E-state index >= 15 is 0 Å². The van der Waals surface area contributed by atoms with Crippen molar-refractivity contribution in [3.63, 3.8) is 0 Å². The number of aliphatic hydroxyl groups excluding tert-OH is 1. The lowest BCUT2D eigenvalue weighted by Gasteiger charge is -2.42. The molecule has 0 aliphatic carbocycles. The Hall–Kier alpha value is -2.18. The Kier molecular flexibility index (Phi) is 6.06. The van der Waals surface area contributed by atoms with Crippen LogP contribution < -0.4 is 0 Å². The highest BCUT2D eigenvalue weighted by atomic mass is 16.5. The van der Waals surface area contributed by atoms with E-state index in [0.717, 1.165) is 18.5 Å². The molecule has 26 heavy (non-hydrogen) atoms. The lowest BCUT2D eigenvalue weighted by molar-refractivity contribution is -0.158. The summed E-state index contributed by atoms with van der Waals surface area (Å²) >= 11 is 0. The van der Waals surface area contributed by atoms with Gasteiger partial charge in [-0.15, -0.1) is 0 Å². The van der Waals surface area contributed by atoms with Crippen molar-refractivity contribution >= 4 is 5.91 Å². The van der Waals surface area contributed by atoms with Crippen molar-refractivity contribution in [1.29, 1.82) is 0 Å². The summed E-state index contributed by atoms with van der Waals surface area (Å²) in [5, 5.41) is 14.1. The molecule has 2 aromatic rings. The minimum atomic E-state index is -0.717. The van der Waals surface area contributed by atoms with Gasteiger partial charge in [0, 0.05) is 38.3 Å². The average molecular weight is 357 g/mol. The molecule has 0 radical (unpaired) electrons. The molecule has 0 spiro atoms. The van der Waals surface area contributed by atoms with Gasteiger partial charge in [-0.3, -0.25) is 9.48 Å². The van der Waals surface area contributed by atoms with Crippen LogP contribution in [0.2, 0.25) is 0 Å². The molecule has 3 rings (SSSR count). The molecular formula is C20H27N3O3. The zero-order valence-electron chi connectivity index (χ0n) is 15.3. The third-order valence-corrected chi connectivity index (χ3v) is 4.87. The van der Waals surface area contributed by atoms with E-state index in [1.54, 1.807) is 6.20 Å². The van der Waals surface area contributed by atoms with Gasteiger partial charge in [-0.05, 0) is 25.0 Å². The molecule has 1 atom stereocenters. The Balaban J connectivity index is 1.57. The number of hydrogen-bond donors (Lipinski definition) is 1. The quantitative estimate of drug-likeness (QED) is 0.821. The molecule has 1 saturated heterocycles. The summed E-state index contributed by atoms with van der Waals surface area (Å²) in [5.74, 6) is 0.113. The molecule has 1 N–H and O–H groups in total. The molecule has 0 bridgehead atoms. The Morgan fingerprint density at radius 2 is 2.15 bits per heavy atom. The van der Waals surface area contributed by atoms with E-state index in [1.165, 1.54) is 5.56 Å². The fraction of sp³-hybridized carbons (Fsp3) is 0.500. The molecule has 2 heterocycles. The minimum Gasteiger partial charge on any atom is -0.393 e. The van der Waals surface area contributed by atoms with E-state index in [0.29, 0.717) is 32.5 Å². The van der Waals surface area contributed by atoms with Crippen LogP contribution in [0.4, 0.5) is 0 Å². The molecule has 140 valence electrons. The minimum absolute atomic E-state index is 0.0993. The predicted octanol–water partition coefficient (Wildman–Crippen LogP) is 1.80. The standard InChI is InChI=1S/C20H27N3O3/c1-17-5-7-18(8-6-17)14-20(16-24)15-22(12-13-26-20)19(25)4-2-10-23-11-3-9-21-23/h3,5-9,11,24H,2,4,10,12-16H2,1H3. The number of carbonyl (C=O) groups is 1. The number of morpholine rings is 1. The van der Waals surface area contributed by atoms with Gasteiger partial charge in [-0.25, -0.2) is 0 Å². The second kappa shape index (κ2) is 8.47. The Morgan fingerprint density at radius 3 is 2.85 bits per heavy atom. The normalized spacial score (nSPS) is 20.3. The third-order valence-electron chi connectivity index (χ3n) is 4.87. The number of rotatable bonds is 7. The van der Waals surface area contributed by atoms with Crippen molar-refractivity contribution in [2.24, 2.45) is 0 Å². The molecular weight excluding hydrogens is 330 g/mol. The van der Waals surface area contributed by atoms with E-state index < -0.39 is 5.60 Å². The highest BCUT2D eigenvalue weighted by Gasteiger charge is 2.37. The molecule has 1 aliphatic rings. The maximum atomic E-state index is 12.6. The van der Waals surface area contributed by atoms with Gasteiger partial charge in [0.1, 0.15) is 5.60 Å². The van der Waals surface area contributed by atoms with E-state index in [2.05, 4.69) is 29.4 Å². The zero-order valence-corrected chi connectivity index (χ0v) is 15.3. The summed E-state index contributed by atoms with van der Waals surface area (Å²) in [6, 6.07) is 10.1. The first kappa shape index (κ1) is 18.6. The Bertz CT molecular complexity index is 700. The third kappa shape index (κ3) is 4.71. The summed E-state index contributed by atoms with van der Waals surface area (Å²) in [7, 11) is 0. The number of aliphatic hydroxyl groups is 1. The van der Waals surface area contributed by atoms with E-state index in [1.807, 2.05) is 28.8 Å². The number of aromatic nitrogens is 2. The Labute approximate surface area is 154 Å². The monoisotopic (exact) mass is 357 g/mol. The fourth-order valence-electron chi connectivity index (χ4n) is 3.38. The van der Waals surface area contributed by atoms with E-state index in [9.17, 15) is 9.90 Å². The SMILES string of the molecule is Cc1ccc(CC2(CO)CN(C(=O)CCCn3cccn3)CCO2)cc1. The first-order valence-corrected chi connectivity index (χ1v) is 9.16. The molecule has 1 aromatic carbocycles. The first-order chi connectivity index (χ1) is 12.6. The van der Waals surface area contributed by atoms with Crippen molar-refractivity contribution < 1.29 is 14.6 Å². The number of nitrogens with zero attached hydrogens (tertiary/aromatic N) is 3. The van der Waals surface area contributed by atoms with E-state index in [-0.39, 0.29) is 12.5 Å². The highest BCUT2D eigenvalue weighted by molar-refractivity contribution is 5.76. The number of ether oxygens (including phenoxy) is 1. The van der Waals surface area contributed by atoms with Gasteiger partial charge in [0.25, 0.3) is 0 Å². The maximum Gasteiger partial charge on any atom is 0.222 e. The van der Waals surface area contributed by atoms with E-state index in [4.69, 9.17) is 4.74 Å². The van der Waals surface area contributed by atoms with Crippen molar-refractivity contribution in [2.45, 2.75) is 38.3 Å². The second-order valence-corrected chi connectivity index (χ2v) is 7.04. The van der Waals surface area contributed by atoms with Crippen molar-refractivity contribution in [1.82, 2.24) is 14.7 Å². The fourth-order valence-corrected chi connectivity index (χ4v) is 3.38. The molecule has 6 heteroatoms. The number of aryl methyl sites for hydroxylation is 2. The number of carbonyl (C=O) groups excluding carboxylic acids is 1. The second-order valence-electron chi connectivity index (χ2n) is 7.04. The summed E-state index contributed by atoms with van der Waals surface area (Å²) in [6.07, 6.45) is 5.47. The van der Waals surface area contributed by atoms with Gasteiger partial charge >= 0.3 is 0 Å². The lowest BCUT2D eigenvalue weighted by atomic mass is 9.92. The lowest BCUT2D eigenvalue weighted by Crippen LogP contribution is -2.56. The van der Waals surface area contributed by atoms with Gasteiger partial charge in [0.05, 0.1) is 19.8 Å². The number of benzene rings is 1. The predicted molar refractivity (Wildman–Crippen MR) is 98.7 cm³/mol. The van der Waals surface area contributed by atoms with Crippen LogP contribution in [0.25, 0.3) is 0 Å². The van der Waals surface area contributed by atoms with Crippen LogP contribution in [0.1, 0.15) is 24.0 Å². The molecule has 1 unspecified atom stereocenters. The zero-order chi connectivity index (χ0) is 18.4. The van der Waals surface area contributed by atoms with Gasteiger partial charge < -0.3 is 14.7 Å². The van der Waals surface area contributed by atoms with Gasteiger partial charge in [0.15, 0.2) is 0 Å². The molecule has 1 aromatic heterocycles. The van der Waals surface area contributed by atoms with Crippen LogP contribution in [0.3, 0.4) is 0 Å². The van der Waals surface area contributed by atoms with Crippen LogP contribution >= 0.6 is 0 Å². The van der Waals surface area contributed by atoms with Crippen molar-refractivity contribution in [2.75, 3.05) is 26.3 Å². The van der Waals surface area contributed by atoms with Crippen LogP contribution in [-0.2, 0) is 22.5 Å². The van der Waals surface area contributed by atoms with Crippen LogP contribution in [0.5, 0.6) is 0 Å². The number of amides is 1. The molecule has 1 aliphatic heterocycles. The maximum absolute atomic E-state index is 12.6. The largest absolute Gasteiger partial charge is 0.393 e. The van der Waals surface area contributed by atoms with Crippen molar-refractivity contribution in [3.05, 3.63) is 53.9 Å². The summed E-state index contributed by atoms with van der Waals surface area (Å²) < 4.78 is 7.77. The van der Waals surface area contributed by atoms with Crippen molar-refractivity contribution in [3.8, 4) is 0 Å². The van der Waals surface area contributed by atoms with Gasteiger partial charge in [-0.1, -0.05) is 29.8 Å². The average Bonchev–Trinajstić information content (AvgIpc) is 3.17. The highest BCUT2D eigenvalue weighted by Crippen LogP contribution is 2.24. The summed E-state index contributed by atoms with van der Waals surface area (Å²) in [4.78, 5) is 14.4. The van der Waals surface area contributed by atoms with Crippen LogP contribution in [0.15, 0.2) is 42.7 Å². The Morgan fingerprint density at radius 1 is 1.35 bits per heavy atom. The van der Waals surface area contributed by atoms with Crippen LogP contribution in [0, 0.1) is 6.92 Å².